The molecule has 1 fully saturated rings. The van der Waals surface area contributed by atoms with E-state index in [0.717, 1.165) is 42.5 Å². The molecule has 3 aromatic carbocycles. The Morgan fingerprint density at radius 2 is 1.61 bits per heavy atom. The quantitative estimate of drug-likeness (QED) is 0.114. The van der Waals surface area contributed by atoms with E-state index in [1.807, 2.05) is 18.2 Å². The predicted molar refractivity (Wildman–Crippen MR) is 180 cm³/mol. The molecule has 4 aromatic rings. The smallest absolute Gasteiger partial charge is 0.161 e. The maximum atomic E-state index is 6.35. The molecule has 0 radical (unpaired) electrons. The molecular formula is C34H43N7O2S. The molecule has 2 aliphatic rings. The third-order valence-electron chi connectivity index (χ3n) is 7.68. The summed E-state index contributed by atoms with van der Waals surface area (Å²) < 4.78 is 15.2. The lowest BCUT2D eigenvalue weighted by molar-refractivity contribution is -0.00157. The van der Waals surface area contributed by atoms with Crippen LogP contribution in [0.3, 0.4) is 0 Å². The third-order valence-corrected chi connectivity index (χ3v) is 8.54. The van der Waals surface area contributed by atoms with Gasteiger partial charge in [0, 0.05) is 37.4 Å². The zero-order valence-corrected chi connectivity index (χ0v) is 26.3. The van der Waals surface area contributed by atoms with Gasteiger partial charge < -0.3 is 30.7 Å². The molecule has 2 aliphatic heterocycles. The summed E-state index contributed by atoms with van der Waals surface area (Å²) in [6, 6.07) is 31.6. The van der Waals surface area contributed by atoms with E-state index >= 15 is 0 Å². The molecule has 1 aromatic heterocycles. The first kappa shape index (κ1) is 31.7. The van der Waals surface area contributed by atoms with E-state index in [-0.39, 0.29) is 18.2 Å². The van der Waals surface area contributed by atoms with Crippen molar-refractivity contribution < 1.29 is 9.47 Å². The van der Waals surface area contributed by atoms with E-state index in [2.05, 4.69) is 98.8 Å². The fraction of sp³-hybridized carbons (Fsp3) is 0.353. The summed E-state index contributed by atoms with van der Waals surface area (Å²) >= 11 is 1.63. The highest BCUT2D eigenvalue weighted by Gasteiger charge is 2.36. The number of benzene rings is 3. The van der Waals surface area contributed by atoms with Crippen molar-refractivity contribution >= 4 is 29.3 Å². The molecule has 5 N–H and O–H groups in total. The number of anilines is 3. The Bertz CT molecular complexity index is 1380. The Morgan fingerprint density at radius 3 is 2.27 bits per heavy atom. The topological polar surface area (TPSA) is 110 Å². The molecule has 44 heavy (non-hydrogen) atoms. The molecule has 1 saturated heterocycles. The summed E-state index contributed by atoms with van der Waals surface area (Å²) in [5.74, 6) is 2.71. The average Bonchev–Trinajstić information content (AvgIpc) is 3.73. The lowest BCUT2D eigenvalue weighted by atomic mass is 9.91. The number of hydrogen-bond donors (Lipinski definition) is 4. The zero-order chi connectivity index (χ0) is 30.6. The van der Waals surface area contributed by atoms with Gasteiger partial charge in [-0.2, -0.15) is 0 Å². The fourth-order valence-electron chi connectivity index (χ4n) is 5.59. The molecule has 2 unspecified atom stereocenters. The summed E-state index contributed by atoms with van der Waals surface area (Å²) in [5, 5.41) is 7.28. The first-order chi connectivity index (χ1) is 21.8. The molecule has 0 aliphatic carbocycles. The second-order valence-electron chi connectivity index (χ2n) is 10.6. The number of methoxy groups -OCH3 is 1. The van der Waals surface area contributed by atoms with Crippen LogP contribution in [0.5, 0.6) is 0 Å². The van der Waals surface area contributed by atoms with Crippen LogP contribution in [0.15, 0.2) is 95.9 Å². The van der Waals surface area contributed by atoms with Gasteiger partial charge in [0.1, 0.15) is 17.7 Å². The summed E-state index contributed by atoms with van der Waals surface area (Å²) in [6.45, 7) is 2.70. The number of aromatic nitrogens is 2. The molecule has 0 amide bonds. The highest BCUT2D eigenvalue weighted by atomic mass is 32.2. The molecule has 0 spiro atoms. The van der Waals surface area contributed by atoms with E-state index in [4.69, 9.17) is 19.4 Å². The molecule has 0 saturated carbocycles. The molecule has 2 atom stereocenters. The lowest BCUT2D eigenvalue weighted by Gasteiger charge is -2.25. The van der Waals surface area contributed by atoms with Crippen LogP contribution < -0.4 is 26.0 Å². The number of rotatable bonds is 13. The Kier molecular flexibility index (Phi) is 11.8. The van der Waals surface area contributed by atoms with Crippen LogP contribution in [0, 0.1) is 0 Å². The standard InChI is InChI=1S/C33H38N6O2S.CH5N/c1-40-22-26-17-18-30(41-26)39-23-35-31-32(34-21-28(24-11-5-2-6-12-24)25-13-7-3-8-14-25)37-29(38-33(31)39)19-20-36-42-27-15-9-4-10-16-27;1-2/h2-16,26,28,30,35-36H,17-23H2,1H3,(H,34,37,38);2H2,1H3. The number of nitrogens with two attached hydrogens (primary N) is 1. The Morgan fingerprint density at radius 1 is 0.955 bits per heavy atom. The van der Waals surface area contributed by atoms with E-state index in [1.54, 1.807) is 19.1 Å². The van der Waals surface area contributed by atoms with Gasteiger partial charge in [-0.1, -0.05) is 78.9 Å². The molecule has 9 nitrogen and oxygen atoms in total. The number of hydrogen-bond acceptors (Lipinski definition) is 10. The van der Waals surface area contributed by atoms with Crippen molar-refractivity contribution in [1.29, 1.82) is 0 Å². The van der Waals surface area contributed by atoms with E-state index in [1.165, 1.54) is 23.1 Å². The minimum atomic E-state index is -0.0392. The molecular weight excluding hydrogens is 570 g/mol. The van der Waals surface area contributed by atoms with Crippen LogP contribution in [0.1, 0.15) is 35.7 Å². The third kappa shape index (κ3) is 8.08. The van der Waals surface area contributed by atoms with Crippen LogP contribution in [-0.2, 0) is 15.9 Å². The second kappa shape index (κ2) is 16.4. The van der Waals surface area contributed by atoms with E-state index in [9.17, 15) is 0 Å². The summed E-state index contributed by atoms with van der Waals surface area (Å²) in [7, 11) is 3.23. The van der Waals surface area contributed by atoms with Gasteiger partial charge in [0.05, 0.1) is 19.4 Å². The first-order valence-corrected chi connectivity index (χ1v) is 16.0. The van der Waals surface area contributed by atoms with Gasteiger partial charge in [-0.15, -0.1) is 0 Å². The van der Waals surface area contributed by atoms with Gasteiger partial charge >= 0.3 is 0 Å². The van der Waals surface area contributed by atoms with E-state index < -0.39 is 0 Å². The molecule has 10 heteroatoms. The number of fused-ring (bicyclic) bond motifs is 1. The zero-order valence-electron chi connectivity index (χ0n) is 25.5. The van der Waals surface area contributed by atoms with Crippen molar-refractivity contribution in [2.45, 2.75) is 42.4 Å². The lowest BCUT2D eigenvalue weighted by Crippen LogP contribution is -2.36. The van der Waals surface area contributed by atoms with Crippen LogP contribution in [0.25, 0.3) is 0 Å². The molecule has 232 valence electrons. The Balaban J connectivity index is 0.00000188. The second-order valence-corrected chi connectivity index (χ2v) is 11.5. The minimum Gasteiger partial charge on any atom is -0.382 e. The molecule has 6 rings (SSSR count). The summed E-state index contributed by atoms with van der Waals surface area (Å²) in [5.41, 5.74) is 7.97. The van der Waals surface area contributed by atoms with Crippen LogP contribution in [0.4, 0.5) is 17.3 Å². The Labute approximate surface area is 265 Å². The SMILES string of the molecule is CN.COCC1CCC(N2CNc3c(NCC(c4ccccc4)c4ccccc4)nc(CCNSc4ccccc4)nc32)O1. The predicted octanol–water partition coefficient (Wildman–Crippen LogP) is 5.48. The molecule has 0 bridgehead atoms. The highest BCUT2D eigenvalue weighted by Crippen LogP contribution is 2.39. The van der Waals surface area contributed by atoms with E-state index in [0.29, 0.717) is 26.2 Å². The maximum Gasteiger partial charge on any atom is 0.161 e. The largest absolute Gasteiger partial charge is 0.382 e. The van der Waals surface area contributed by atoms with Gasteiger partial charge in [0.25, 0.3) is 0 Å². The molecule has 3 heterocycles. The van der Waals surface area contributed by atoms with Gasteiger partial charge in [0.2, 0.25) is 0 Å². The van der Waals surface area contributed by atoms with Crippen molar-refractivity contribution in [2.75, 3.05) is 56.1 Å². The average molecular weight is 614 g/mol. The minimum absolute atomic E-state index is 0.0392. The highest BCUT2D eigenvalue weighted by molar-refractivity contribution is 7.97. The van der Waals surface area contributed by atoms with Crippen LogP contribution in [-0.4, -0.2) is 62.8 Å². The van der Waals surface area contributed by atoms with Crippen molar-refractivity contribution in [3.05, 3.63) is 108 Å². The van der Waals surface area contributed by atoms with Gasteiger partial charge in [-0.25, -0.2) is 9.97 Å². The number of nitrogens with zero attached hydrogens (tertiary/aromatic N) is 3. The van der Waals surface area contributed by atoms with Gasteiger partial charge in [-0.3, -0.25) is 4.72 Å². The maximum absolute atomic E-state index is 6.35. The van der Waals surface area contributed by atoms with Gasteiger partial charge in [0.15, 0.2) is 11.6 Å². The summed E-state index contributed by atoms with van der Waals surface area (Å²) in [4.78, 5) is 13.5. The number of ether oxygens (including phenoxy) is 2. The summed E-state index contributed by atoms with van der Waals surface area (Å²) in [6.07, 6.45) is 2.69. The van der Waals surface area contributed by atoms with Crippen molar-refractivity contribution in [3.63, 3.8) is 0 Å². The van der Waals surface area contributed by atoms with Crippen LogP contribution in [0.2, 0.25) is 0 Å². The van der Waals surface area contributed by atoms with Crippen molar-refractivity contribution in [2.24, 2.45) is 5.73 Å². The van der Waals surface area contributed by atoms with Crippen LogP contribution >= 0.6 is 11.9 Å². The number of nitrogens with one attached hydrogen (secondary N) is 3. The Hall–Kier alpha value is -3.67. The van der Waals surface area contributed by atoms with Crippen molar-refractivity contribution in [3.8, 4) is 0 Å². The van der Waals surface area contributed by atoms with Crippen molar-refractivity contribution in [1.82, 2.24) is 14.7 Å². The van der Waals surface area contributed by atoms with Gasteiger partial charge in [-0.05, 0) is 55.1 Å². The fourth-order valence-corrected chi connectivity index (χ4v) is 6.25. The first-order valence-electron chi connectivity index (χ1n) is 15.2. The monoisotopic (exact) mass is 613 g/mol. The normalized spacial score (nSPS) is 17.1.